The third-order valence-corrected chi connectivity index (χ3v) is 10.5. The number of nitrogens with one attached hydrogen (secondary N) is 1. The van der Waals surface area contributed by atoms with E-state index in [-0.39, 0.29) is 39.1 Å². The van der Waals surface area contributed by atoms with E-state index in [1.165, 1.54) is 35.2 Å². The van der Waals surface area contributed by atoms with Gasteiger partial charge in [-0.05, 0) is 74.2 Å². The number of aryl methyl sites for hydroxylation is 1. The summed E-state index contributed by atoms with van der Waals surface area (Å²) in [6.45, 7) is 3.00. The average molecular weight is 700 g/mol. The van der Waals surface area contributed by atoms with Crippen LogP contribution in [0, 0.1) is 6.92 Å². The minimum absolute atomic E-state index is 0.0126. The second-order valence-corrected chi connectivity index (χ2v) is 14.6. The molecule has 3 aromatic carbocycles. The van der Waals surface area contributed by atoms with Crippen molar-refractivity contribution in [2.24, 2.45) is 0 Å². The van der Waals surface area contributed by atoms with Gasteiger partial charge in [0.2, 0.25) is 11.8 Å². The van der Waals surface area contributed by atoms with Crippen molar-refractivity contribution in [2.45, 2.75) is 75.9 Å². The summed E-state index contributed by atoms with van der Waals surface area (Å²) in [5, 5.41) is 4.27. The maximum Gasteiger partial charge on any atom is 0.264 e. The van der Waals surface area contributed by atoms with Crippen LogP contribution in [-0.4, -0.2) is 43.8 Å². The molecule has 0 aromatic heterocycles. The fourth-order valence-electron chi connectivity index (χ4n) is 5.35. The summed E-state index contributed by atoms with van der Waals surface area (Å²) < 4.78 is 29.1. The van der Waals surface area contributed by atoms with Crippen LogP contribution >= 0.6 is 46.4 Å². The highest BCUT2D eigenvalue weighted by atomic mass is 35.5. The second-order valence-electron chi connectivity index (χ2n) is 11.0. The van der Waals surface area contributed by atoms with Gasteiger partial charge in [-0.2, -0.15) is 0 Å². The van der Waals surface area contributed by atoms with Crippen molar-refractivity contribution in [1.29, 1.82) is 0 Å². The number of rotatable bonds is 11. The lowest BCUT2D eigenvalue weighted by atomic mass is 9.95. The Morgan fingerprint density at radius 1 is 0.886 bits per heavy atom. The lowest BCUT2D eigenvalue weighted by Gasteiger charge is -2.34. The molecule has 4 rings (SSSR count). The summed E-state index contributed by atoms with van der Waals surface area (Å²) in [5.74, 6) is -0.898. The number of nitrogens with zero attached hydrogens (tertiary/aromatic N) is 2. The van der Waals surface area contributed by atoms with Crippen LogP contribution in [-0.2, 0) is 26.2 Å². The summed E-state index contributed by atoms with van der Waals surface area (Å²) in [7, 11) is -4.27. The standard InChI is InChI=1S/C32H35Cl4N3O4S/c1-3-30(32(41)37-26-7-5-4-6-8-26)38(19-22-11-12-23(33)18-29(22)36)31(40)20-39(27-16-24(34)15-25(35)17-27)44(42,43)28-13-9-21(2)10-14-28/h9-18,26,30H,3-8,19-20H2,1-2H3,(H,37,41)/t30-/m1/s1. The maximum atomic E-state index is 14.3. The molecule has 1 aliphatic carbocycles. The Bertz CT molecular complexity index is 1580. The molecule has 1 fully saturated rings. The van der Waals surface area contributed by atoms with Gasteiger partial charge in [0.25, 0.3) is 10.0 Å². The molecular weight excluding hydrogens is 664 g/mol. The van der Waals surface area contributed by atoms with E-state index in [4.69, 9.17) is 46.4 Å². The fraction of sp³-hybridized carbons (Fsp3) is 0.375. The number of hydrogen-bond donors (Lipinski definition) is 1. The van der Waals surface area contributed by atoms with Crippen molar-refractivity contribution in [2.75, 3.05) is 10.8 Å². The van der Waals surface area contributed by atoms with E-state index in [2.05, 4.69) is 5.32 Å². The summed E-state index contributed by atoms with van der Waals surface area (Å²) in [6, 6.07) is 14.7. The molecule has 1 atom stereocenters. The van der Waals surface area contributed by atoms with Gasteiger partial charge in [-0.3, -0.25) is 13.9 Å². The molecule has 0 aliphatic heterocycles. The van der Waals surface area contributed by atoms with E-state index < -0.39 is 28.5 Å². The molecule has 236 valence electrons. The van der Waals surface area contributed by atoms with Crippen LogP contribution in [0.3, 0.4) is 0 Å². The van der Waals surface area contributed by atoms with E-state index in [0.717, 1.165) is 42.0 Å². The number of sulfonamides is 1. The van der Waals surface area contributed by atoms with Crippen LogP contribution in [0.15, 0.2) is 65.6 Å². The zero-order chi connectivity index (χ0) is 32.0. The molecule has 7 nitrogen and oxygen atoms in total. The first-order chi connectivity index (χ1) is 20.9. The van der Waals surface area contributed by atoms with Crippen LogP contribution in [0.5, 0.6) is 0 Å². The molecule has 12 heteroatoms. The van der Waals surface area contributed by atoms with Crippen molar-refractivity contribution in [1.82, 2.24) is 10.2 Å². The van der Waals surface area contributed by atoms with Gasteiger partial charge >= 0.3 is 0 Å². The third-order valence-electron chi connectivity index (χ3n) is 7.72. The van der Waals surface area contributed by atoms with Crippen LogP contribution in [0.25, 0.3) is 0 Å². The van der Waals surface area contributed by atoms with E-state index in [1.54, 1.807) is 30.3 Å². The molecular formula is C32H35Cl4N3O4S. The highest BCUT2D eigenvalue weighted by Gasteiger charge is 2.35. The number of benzene rings is 3. The normalized spacial score (nSPS) is 14.6. The summed E-state index contributed by atoms with van der Waals surface area (Å²) in [6.07, 6.45) is 5.22. The van der Waals surface area contributed by atoms with Crippen molar-refractivity contribution in [3.05, 3.63) is 91.9 Å². The third kappa shape index (κ3) is 8.61. The van der Waals surface area contributed by atoms with Crippen LogP contribution in [0.2, 0.25) is 20.1 Å². The Balaban J connectivity index is 1.75. The fourth-order valence-corrected chi connectivity index (χ4v) is 7.73. The van der Waals surface area contributed by atoms with Gasteiger partial charge in [0.15, 0.2) is 0 Å². The van der Waals surface area contributed by atoms with E-state index in [1.807, 2.05) is 13.8 Å². The van der Waals surface area contributed by atoms with Gasteiger partial charge in [-0.15, -0.1) is 0 Å². The molecule has 0 bridgehead atoms. The zero-order valence-electron chi connectivity index (χ0n) is 24.5. The number of carbonyl (C=O) groups excluding carboxylic acids is 2. The molecule has 1 aliphatic rings. The number of carbonyl (C=O) groups is 2. The molecule has 0 unspecified atom stereocenters. The number of anilines is 1. The topological polar surface area (TPSA) is 86.8 Å². The number of halogens is 4. The van der Waals surface area contributed by atoms with Gasteiger partial charge in [-0.25, -0.2) is 8.42 Å². The monoisotopic (exact) mass is 697 g/mol. The Labute approximate surface area is 279 Å². The SMILES string of the molecule is CC[C@H](C(=O)NC1CCCCC1)N(Cc1ccc(Cl)cc1Cl)C(=O)CN(c1cc(Cl)cc(Cl)c1)S(=O)(=O)c1ccc(C)cc1. The lowest BCUT2D eigenvalue weighted by Crippen LogP contribution is -2.54. The first-order valence-electron chi connectivity index (χ1n) is 14.5. The van der Waals surface area contributed by atoms with Gasteiger partial charge < -0.3 is 10.2 Å². The summed E-state index contributed by atoms with van der Waals surface area (Å²) in [5.41, 5.74) is 1.55. The van der Waals surface area contributed by atoms with Gasteiger partial charge in [0.1, 0.15) is 12.6 Å². The van der Waals surface area contributed by atoms with E-state index in [9.17, 15) is 18.0 Å². The quantitative estimate of drug-likeness (QED) is 0.220. The number of amides is 2. The molecule has 0 spiro atoms. The molecule has 0 radical (unpaired) electrons. The Hall–Kier alpha value is -2.49. The molecule has 44 heavy (non-hydrogen) atoms. The molecule has 1 N–H and O–H groups in total. The van der Waals surface area contributed by atoms with Crippen molar-refractivity contribution >= 4 is 73.9 Å². The number of hydrogen-bond acceptors (Lipinski definition) is 4. The highest BCUT2D eigenvalue weighted by Crippen LogP contribution is 2.31. The second kappa shape index (κ2) is 15.2. The van der Waals surface area contributed by atoms with Crippen molar-refractivity contribution in [3.8, 4) is 0 Å². The highest BCUT2D eigenvalue weighted by molar-refractivity contribution is 7.92. The summed E-state index contributed by atoms with van der Waals surface area (Å²) in [4.78, 5) is 29.4. The minimum Gasteiger partial charge on any atom is -0.352 e. The molecule has 0 heterocycles. The van der Waals surface area contributed by atoms with Gasteiger partial charge in [0, 0.05) is 32.7 Å². The first kappa shape index (κ1) is 34.4. The van der Waals surface area contributed by atoms with Crippen molar-refractivity contribution in [3.63, 3.8) is 0 Å². The lowest BCUT2D eigenvalue weighted by molar-refractivity contribution is -0.140. The van der Waals surface area contributed by atoms with Crippen LogP contribution in [0.4, 0.5) is 5.69 Å². The maximum absolute atomic E-state index is 14.3. The van der Waals surface area contributed by atoms with Crippen LogP contribution in [0.1, 0.15) is 56.6 Å². The van der Waals surface area contributed by atoms with Crippen LogP contribution < -0.4 is 9.62 Å². The van der Waals surface area contributed by atoms with Crippen molar-refractivity contribution < 1.29 is 18.0 Å². The smallest absolute Gasteiger partial charge is 0.264 e. The van der Waals surface area contributed by atoms with Gasteiger partial charge in [0.05, 0.1) is 10.6 Å². The molecule has 0 saturated heterocycles. The molecule has 3 aromatic rings. The Morgan fingerprint density at radius 2 is 1.52 bits per heavy atom. The predicted octanol–water partition coefficient (Wildman–Crippen LogP) is 8.06. The molecule has 1 saturated carbocycles. The zero-order valence-corrected chi connectivity index (χ0v) is 28.4. The summed E-state index contributed by atoms with van der Waals surface area (Å²) >= 11 is 25.2. The van der Waals surface area contributed by atoms with E-state index >= 15 is 0 Å². The average Bonchev–Trinajstić information content (AvgIpc) is 2.97. The largest absolute Gasteiger partial charge is 0.352 e. The predicted molar refractivity (Wildman–Crippen MR) is 178 cm³/mol. The minimum atomic E-state index is -4.27. The first-order valence-corrected chi connectivity index (χ1v) is 17.4. The Morgan fingerprint density at radius 3 is 2.11 bits per heavy atom. The van der Waals surface area contributed by atoms with Gasteiger partial charge in [-0.1, -0.05) is 96.4 Å². The Kier molecular flexibility index (Phi) is 11.9. The molecule has 2 amide bonds. The van der Waals surface area contributed by atoms with E-state index in [0.29, 0.717) is 22.0 Å².